The van der Waals surface area contributed by atoms with Crippen molar-refractivity contribution in [3.8, 4) is 5.75 Å². The molecule has 0 saturated heterocycles. The summed E-state index contributed by atoms with van der Waals surface area (Å²) in [5.41, 5.74) is 0.127. The molecular weight excluding hydrogens is 326 g/mol. The highest BCUT2D eigenvalue weighted by atomic mass is 32.1. The highest BCUT2D eigenvalue weighted by molar-refractivity contribution is 7.05. The van der Waals surface area contributed by atoms with Crippen LogP contribution in [0.5, 0.6) is 5.75 Å². The fraction of sp³-hybridized carbons (Fsp3) is 0.471. The predicted molar refractivity (Wildman–Crippen MR) is 91.0 cm³/mol. The molecule has 1 aliphatic rings. The molecule has 0 unspecified atom stereocenters. The Hall–Kier alpha value is -1.99. The van der Waals surface area contributed by atoms with Crippen LogP contribution >= 0.6 is 11.5 Å². The van der Waals surface area contributed by atoms with E-state index in [9.17, 15) is 9.90 Å². The lowest BCUT2D eigenvalue weighted by Crippen LogP contribution is -2.38. The van der Waals surface area contributed by atoms with Crippen LogP contribution in [0.2, 0.25) is 0 Å². The van der Waals surface area contributed by atoms with E-state index in [4.69, 9.17) is 4.74 Å². The monoisotopic (exact) mass is 347 g/mol. The molecule has 0 spiro atoms. The van der Waals surface area contributed by atoms with Crippen molar-refractivity contribution >= 4 is 17.4 Å². The summed E-state index contributed by atoms with van der Waals surface area (Å²) < 4.78 is 9.54. The van der Waals surface area contributed by atoms with Crippen molar-refractivity contribution in [2.75, 3.05) is 13.2 Å². The normalized spacial score (nSPS) is 16.0. The molecule has 1 amide bonds. The molecule has 3 rings (SSSR count). The Morgan fingerprint density at radius 3 is 2.75 bits per heavy atom. The van der Waals surface area contributed by atoms with E-state index in [-0.39, 0.29) is 24.5 Å². The van der Waals surface area contributed by atoms with Gasteiger partial charge in [-0.2, -0.15) is 0 Å². The summed E-state index contributed by atoms with van der Waals surface area (Å²) in [7, 11) is 0. The first-order chi connectivity index (χ1) is 11.7. The van der Waals surface area contributed by atoms with Crippen molar-refractivity contribution in [3.05, 3.63) is 40.9 Å². The molecular formula is C17H21N3O3S. The van der Waals surface area contributed by atoms with Crippen LogP contribution in [0.3, 0.4) is 0 Å². The van der Waals surface area contributed by atoms with E-state index in [0.717, 1.165) is 43.0 Å². The quantitative estimate of drug-likeness (QED) is 0.803. The fourth-order valence-corrected chi connectivity index (χ4v) is 3.56. The number of nitrogens with zero attached hydrogens (tertiary/aromatic N) is 2. The van der Waals surface area contributed by atoms with Crippen LogP contribution in [0.4, 0.5) is 0 Å². The number of nitrogens with one attached hydrogen (secondary N) is 1. The van der Waals surface area contributed by atoms with Gasteiger partial charge in [-0.1, -0.05) is 35.5 Å². The van der Waals surface area contributed by atoms with E-state index in [1.807, 2.05) is 30.3 Å². The molecule has 6 nitrogen and oxygen atoms in total. The van der Waals surface area contributed by atoms with Gasteiger partial charge in [0.05, 0.1) is 11.5 Å². The second kappa shape index (κ2) is 7.72. The molecule has 128 valence electrons. The van der Waals surface area contributed by atoms with Gasteiger partial charge in [0, 0.05) is 12.0 Å². The van der Waals surface area contributed by atoms with Gasteiger partial charge < -0.3 is 15.2 Å². The van der Waals surface area contributed by atoms with E-state index in [1.54, 1.807) is 0 Å². The molecule has 1 aromatic heterocycles. The number of hydrogen-bond donors (Lipinski definition) is 2. The molecule has 1 fully saturated rings. The predicted octanol–water partition coefficient (Wildman–Crippen LogP) is 2.40. The number of amides is 1. The average Bonchev–Trinajstić information content (AvgIpc) is 3.29. The number of aliphatic hydroxyl groups excluding tert-OH is 1. The lowest BCUT2D eigenvalue weighted by atomic mass is 9.87. The van der Waals surface area contributed by atoms with Crippen LogP contribution in [0.25, 0.3) is 0 Å². The minimum Gasteiger partial charge on any atom is -0.488 e. The molecule has 1 aliphatic carbocycles. The number of benzene rings is 1. The standard InChI is InChI=1S/C17H21N3O3S/c21-12-17(8-4-5-9-17)11-18-16(22)15-14(24-20-19-15)10-23-13-6-2-1-3-7-13/h1-3,6-7,21H,4-5,8-12H2,(H,18,22). The molecule has 24 heavy (non-hydrogen) atoms. The lowest BCUT2D eigenvalue weighted by Gasteiger charge is -2.26. The Morgan fingerprint density at radius 2 is 2.04 bits per heavy atom. The molecule has 0 bridgehead atoms. The minimum absolute atomic E-state index is 0.104. The van der Waals surface area contributed by atoms with Crippen molar-refractivity contribution in [2.24, 2.45) is 5.41 Å². The highest BCUT2D eigenvalue weighted by Crippen LogP contribution is 2.36. The molecule has 0 aliphatic heterocycles. The number of para-hydroxylation sites is 1. The Labute approximate surface area is 145 Å². The molecule has 2 aromatic rings. The second-order valence-electron chi connectivity index (χ2n) is 6.19. The molecule has 2 N–H and O–H groups in total. The molecule has 1 heterocycles. The van der Waals surface area contributed by atoms with Crippen molar-refractivity contribution in [1.82, 2.24) is 14.9 Å². The summed E-state index contributed by atoms with van der Waals surface area (Å²) in [6.07, 6.45) is 4.10. The minimum atomic E-state index is -0.255. The van der Waals surface area contributed by atoms with Crippen molar-refractivity contribution in [2.45, 2.75) is 32.3 Å². The number of carbonyl (C=O) groups is 1. The summed E-state index contributed by atoms with van der Waals surface area (Å²) in [5.74, 6) is 0.484. The summed E-state index contributed by atoms with van der Waals surface area (Å²) >= 11 is 1.16. The van der Waals surface area contributed by atoms with Crippen LogP contribution in [-0.2, 0) is 6.61 Å². The van der Waals surface area contributed by atoms with Crippen LogP contribution < -0.4 is 10.1 Å². The molecule has 7 heteroatoms. The Kier molecular flexibility index (Phi) is 5.42. The third kappa shape index (κ3) is 3.91. The topological polar surface area (TPSA) is 84.3 Å². The first-order valence-electron chi connectivity index (χ1n) is 8.11. The summed E-state index contributed by atoms with van der Waals surface area (Å²) in [4.78, 5) is 13.1. The number of hydrogen-bond acceptors (Lipinski definition) is 6. The molecule has 1 saturated carbocycles. The van der Waals surface area contributed by atoms with Gasteiger partial charge in [-0.05, 0) is 36.5 Å². The summed E-state index contributed by atoms with van der Waals surface area (Å²) in [6, 6.07) is 9.42. The van der Waals surface area contributed by atoms with E-state index in [1.165, 1.54) is 0 Å². The van der Waals surface area contributed by atoms with E-state index < -0.39 is 0 Å². The Morgan fingerprint density at radius 1 is 1.29 bits per heavy atom. The van der Waals surface area contributed by atoms with Gasteiger partial charge in [0.1, 0.15) is 12.4 Å². The molecule has 0 radical (unpaired) electrons. The van der Waals surface area contributed by atoms with Gasteiger partial charge in [0.2, 0.25) is 0 Å². The van der Waals surface area contributed by atoms with E-state index in [0.29, 0.717) is 17.1 Å². The third-order valence-corrected chi connectivity index (χ3v) is 5.20. The Bertz CT molecular complexity index is 669. The summed E-state index contributed by atoms with van der Waals surface area (Å²) in [5, 5.41) is 16.5. The smallest absolute Gasteiger partial charge is 0.273 e. The number of ether oxygens (including phenoxy) is 1. The number of rotatable bonds is 7. The number of aliphatic hydroxyl groups is 1. The molecule has 1 aromatic carbocycles. The van der Waals surface area contributed by atoms with Gasteiger partial charge >= 0.3 is 0 Å². The van der Waals surface area contributed by atoms with Gasteiger partial charge in [-0.15, -0.1) is 5.10 Å². The van der Waals surface area contributed by atoms with E-state index >= 15 is 0 Å². The summed E-state index contributed by atoms with van der Waals surface area (Å²) in [6.45, 7) is 0.834. The number of carbonyl (C=O) groups excluding carboxylic acids is 1. The zero-order chi connectivity index (χ0) is 16.8. The first kappa shape index (κ1) is 16.9. The first-order valence-corrected chi connectivity index (χ1v) is 8.88. The van der Waals surface area contributed by atoms with Crippen LogP contribution in [0, 0.1) is 5.41 Å². The zero-order valence-electron chi connectivity index (χ0n) is 13.4. The van der Waals surface area contributed by atoms with Crippen LogP contribution in [0.15, 0.2) is 30.3 Å². The van der Waals surface area contributed by atoms with Gasteiger partial charge in [-0.3, -0.25) is 4.79 Å². The van der Waals surface area contributed by atoms with Crippen LogP contribution in [-0.4, -0.2) is 33.8 Å². The van der Waals surface area contributed by atoms with Crippen molar-refractivity contribution in [3.63, 3.8) is 0 Å². The van der Waals surface area contributed by atoms with Gasteiger partial charge in [-0.25, -0.2) is 0 Å². The van der Waals surface area contributed by atoms with Crippen molar-refractivity contribution in [1.29, 1.82) is 0 Å². The van der Waals surface area contributed by atoms with Crippen molar-refractivity contribution < 1.29 is 14.6 Å². The SMILES string of the molecule is O=C(NCC1(CO)CCCC1)c1nnsc1COc1ccccc1. The largest absolute Gasteiger partial charge is 0.488 e. The zero-order valence-corrected chi connectivity index (χ0v) is 14.2. The lowest BCUT2D eigenvalue weighted by molar-refractivity contribution is 0.0874. The highest BCUT2D eigenvalue weighted by Gasteiger charge is 2.34. The van der Waals surface area contributed by atoms with Gasteiger partial charge in [0.15, 0.2) is 5.69 Å². The van der Waals surface area contributed by atoms with Gasteiger partial charge in [0.25, 0.3) is 5.91 Å². The Balaban J connectivity index is 1.58. The third-order valence-electron chi connectivity index (χ3n) is 4.51. The maximum Gasteiger partial charge on any atom is 0.273 e. The maximum atomic E-state index is 12.4. The van der Waals surface area contributed by atoms with Crippen LogP contribution in [0.1, 0.15) is 41.0 Å². The number of aromatic nitrogens is 2. The maximum absolute atomic E-state index is 12.4. The van der Waals surface area contributed by atoms with E-state index in [2.05, 4.69) is 14.9 Å². The fourth-order valence-electron chi connectivity index (χ4n) is 3.01. The molecule has 0 atom stereocenters. The second-order valence-corrected chi connectivity index (χ2v) is 7.03. The average molecular weight is 347 g/mol.